The Hall–Kier alpha value is -3.36. The van der Waals surface area contributed by atoms with Gasteiger partial charge in [0.15, 0.2) is 0 Å². The van der Waals surface area contributed by atoms with Crippen LogP contribution in [0.5, 0.6) is 0 Å². The maximum atomic E-state index is 13.9. The molecular weight excluding hydrogens is 450 g/mol. The summed E-state index contributed by atoms with van der Waals surface area (Å²) in [5.41, 5.74) is 0.785. The van der Waals surface area contributed by atoms with Crippen LogP contribution >= 0.6 is 0 Å². The molecule has 9 heteroatoms. The first-order chi connectivity index (χ1) is 16.3. The minimum Gasteiger partial charge on any atom is -0.468 e. The lowest BCUT2D eigenvalue weighted by Crippen LogP contribution is -2.55. The second kappa shape index (κ2) is 13.5. The van der Waals surface area contributed by atoms with E-state index in [9.17, 15) is 19.2 Å². The molecule has 0 spiro atoms. The van der Waals surface area contributed by atoms with Crippen molar-refractivity contribution in [1.82, 2.24) is 15.5 Å². The van der Waals surface area contributed by atoms with E-state index >= 15 is 0 Å². The lowest BCUT2D eigenvalue weighted by molar-refractivity contribution is -0.144. The molecule has 0 aliphatic rings. The molecule has 3 atom stereocenters. The van der Waals surface area contributed by atoms with Crippen LogP contribution < -0.4 is 10.6 Å². The van der Waals surface area contributed by atoms with E-state index in [4.69, 9.17) is 4.74 Å². The summed E-state index contributed by atoms with van der Waals surface area (Å²) in [6.07, 6.45) is 1.38. The number of ether oxygens (including phenoxy) is 2. The number of benzene rings is 1. The van der Waals surface area contributed by atoms with Crippen LogP contribution in [-0.2, 0) is 23.9 Å². The maximum absolute atomic E-state index is 13.9. The Balaban J connectivity index is 3.43. The van der Waals surface area contributed by atoms with Crippen molar-refractivity contribution in [2.75, 3.05) is 20.2 Å². The molecule has 9 nitrogen and oxygen atoms in total. The minimum absolute atomic E-state index is 0.0337. The van der Waals surface area contributed by atoms with Crippen molar-refractivity contribution in [2.45, 2.75) is 65.6 Å². The smallest absolute Gasteiger partial charge is 0.408 e. The molecule has 1 rings (SSSR count). The van der Waals surface area contributed by atoms with Gasteiger partial charge in [0.25, 0.3) is 0 Å². The molecule has 194 valence electrons. The van der Waals surface area contributed by atoms with Crippen LogP contribution in [0.4, 0.5) is 4.79 Å². The normalized spacial score (nSPS) is 13.6. The third kappa shape index (κ3) is 9.42. The maximum Gasteiger partial charge on any atom is 0.408 e. The highest BCUT2D eigenvalue weighted by atomic mass is 16.6. The monoisotopic (exact) mass is 489 g/mol. The number of aryl methyl sites for hydroxylation is 1. The summed E-state index contributed by atoms with van der Waals surface area (Å²) < 4.78 is 9.98. The zero-order chi connectivity index (χ0) is 26.8. The van der Waals surface area contributed by atoms with Crippen molar-refractivity contribution < 1.29 is 28.7 Å². The number of alkyl carbamates (subject to hydrolysis) is 1. The summed E-state index contributed by atoms with van der Waals surface area (Å²) in [6.45, 7) is 14.3. The zero-order valence-corrected chi connectivity index (χ0v) is 21.8. The Morgan fingerprint density at radius 1 is 1.14 bits per heavy atom. The number of rotatable bonds is 11. The molecule has 0 saturated carbocycles. The lowest BCUT2D eigenvalue weighted by Gasteiger charge is -2.35. The van der Waals surface area contributed by atoms with Gasteiger partial charge < -0.3 is 25.0 Å². The van der Waals surface area contributed by atoms with Crippen molar-refractivity contribution in [2.24, 2.45) is 5.92 Å². The Morgan fingerprint density at radius 3 is 2.23 bits per heavy atom. The van der Waals surface area contributed by atoms with Gasteiger partial charge in [0.1, 0.15) is 24.2 Å². The second-order valence-electron chi connectivity index (χ2n) is 9.40. The molecule has 35 heavy (non-hydrogen) atoms. The van der Waals surface area contributed by atoms with Gasteiger partial charge in [0, 0.05) is 6.54 Å². The van der Waals surface area contributed by atoms with Crippen LogP contribution in [0.2, 0.25) is 0 Å². The fourth-order valence-corrected chi connectivity index (χ4v) is 3.31. The molecule has 0 aliphatic carbocycles. The number of carbonyl (C=O) groups excluding carboxylic acids is 4. The number of carbonyl (C=O) groups is 4. The predicted molar refractivity (Wildman–Crippen MR) is 133 cm³/mol. The van der Waals surface area contributed by atoms with Crippen LogP contribution in [0, 0.1) is 12.8 Å². The highest BCUT2D eigenvalue weighted by Gasteiger charge is 2.37. The average molecular weight is 490 g/mol. The van der Waals surface area contributed by atoms with E-state index in [1.165, 1.54) is 18.1 Å². The van der Waals surface area contributed by atoms with E-state index in [1.54, 1.807) is 32.9 Å². The molecular formula is C26H39N3O6. The van der Waals surface area contributed by atoms with Gasteiger partial charge in [0.05, 0.1) is 7.11 Å². The molecule has 0 saturated heterocycles. The van der Waals surface area contributed by atoms with Gasteiger partial charge in [-0.15, -0.1) is 6.58 Å². The molecule has 3 unspecified atom stereocenters. The molecule has 0 heterocycles. The van der Waals surface area contributed by atoms with Gasteiger partial charge >= 0.3 is 12.1 Å². The van der Waals surface area contributed by atoms with Gasteiger partial charge in [-0.05, 0) is 39.2 Å². The first-order valence-corrected chi connectivity index (χ1v) is 11.7. The van der Waals surface area contributed by atoms with Crippen molar-refractivity contribution >= 4 is 23.9 Å². The fourth-order valence-electron chi connectivity index (χ4n) is 3.31. The van der Waals surface area contributed by atoms with Crippen molar-refractivity contribution in [3.05, 3.63) is 48.0 Å². The van der Waals surface area contributed by atoms with E-state index in [0.717, 1.165) is 5.56 Å². The van der Waals surface area contributed by atoms with Crippen LogP contribution in [-0.4, -0.2) is 60.6 Å². The standard InChI is InChI=1S/C26H39N3O6/c1-9-15-29(24(32)21(18(4)10-2)28-25(33)35-26(5,6)7)22(19-13-11-17(3)12-14-19)23(31)27-16-20(30)34-8/h9,11-14,18,21-22H,1,10,15-16H2,2-8H3,(H,27,31)(H,28,33). The number of methoxy groups -OCH3 is 1. The van der Waals surface area contributed by atoms with Crippen LogP contribution in [0.25, 0.3) is 0 Å². The third-order valence-corrected chi connectivity index (χ3v) is 5.35. The number of amides is 3. The first-order valence-electron chi connectivity index (χ1n) is 11.7. The Morgan fingerprint density at radius 2 is 1.74 bits per heavy atom. The van der Waals surface area contributed by atoms with E-state index < -0.39 is 41.6 Å². The summed E-state index contributed by atoms with van der Waals surface area (Å²) >= 11 is 0. The predicted octanol–water partition coefficient (Wildman–Crippen LogP) is 3.28. The van der Waals surface area contributed by atoms with Crippen molar-refractivity contribution in [1.29, 1.82) is 0 Å². The summed E-state index contributed by atoms with van der Waals surface area (Å²) in [7, 11) is 1.22. The highest BCUT2D eigenvalue weighted by molar-refractivity contribution is 5.93. The van der Waals surface area contributed by atoms with Crippen LogP contribution in [0.3, 0.4) is 0 Å². The van der Waals surface area contributed by atoms with Crippen molar-refractivity contribution in [3.63, 3.8) is 0 Å². The number of nitrogens with zero attached hydrogens (tertiary/aromatic N) is 1. The van der Waals surface area contributed by atoms with E-state index in [2.05, 4.69) is 21.9 Å². The third-order valence-electron chi connectivity index (χ3n) is 5.35. The topological polar surface area (TPSA) is 114 Å². The highest BCUT2D eigenvalue weighted by Crippen LogP contribution is 2.25. The summed E-state index contributed by atoms with van der Waals surface area (Å²) in [5.74, 6) is -1.90. The number of hydrogen-bond acceptors (Lipinski definition) is 6. The van der Waals surface area contributed by atoms with E-state index in [1.807, 2.05) is 32.9 Å². The summed E-state index contributed by atoms with van der Waals surface area (Å²) in [6, 6.07) is 5.14. The molecule has 0 aliphatic heterocycles. The molecule has 2 N–H and O–H groups in total. The van der Waals surface area contributed by atoms with E-state index in [0.29, 0.717) is 12.0 Å². The van der Waals surface area contributed by atoms with Crippen LogP contribution in [0.15, 0.2) is 36.9 Å². The van der Waals surface area contributed by atoms with E-state index in [-0.39, 0.29) is 19.0 Å². The van der Waals surface area contributed by atoms with Gasteiger partial charge in [-0.1, -0.05) is 56.2 Å². The quantitative estimate of drug-likeness (QED) is 0.364. The Kier molecular flexibility index (Phi) is 11.5. The lowest BCUT2D eigenvalue weighted by atomic mass is 9.95. The summed E-state index contributed by atoms with van der Waals surface area (Å²) in [5, 5.41) is 5.22. The largest absolute Gasteiger partial charge is 0.468 e. The Labute approximate surface area is 208 Å². The van der Waals surface area contributed by atoms with Crippen molar-refractivity contribution in [3.8, 4) is 0 Å². The minimum atomic E-state index is -1.07. The molecule has 0 fully saturated rings. The fraction of sp³-hybridized carbons (Fsp3) is 0.538. The number of esters is 1. The average Bonchev–Trinajstić information content (AvgIpc) is 2.79. The van der Waals surface area contributed by atoms with Crippen LogP contribution in [0.1, 0.15) is 58.2 Å². The number of nitrogens with one attached hydrogen (secondary N) is 2. The van der Waals surface area contributed by atoms with Gasteiger partial charge in [0.2, 0.25) is 11.8 Å². The molecule has 1 aromatic carbocycles. The molecule has 0 radical (unpaired) electrons. The zero-order valence-electron chi connectivity index (χ0n) is 21.8. The molecule has 0 aromatic heterocycles. The van der Waals surface area contributed by atoms with Gasteiger partial charge in [-0.2, -0.15) is 0 Å². The molecule has 0 bridgehead atoms. The Bertz CT molecular complexity index is 891. The summed E-state index contributed by atoms with van der Waals surface area (Å²) in [4.78, 5) is 52.6. The number of hydrogen-bond donors (Lipinski definition) is 2. The SMILES string of the molecule is C=CCN(C(=O)C(NC(=O)OC(C)(C)C)C(C)CC)C(C(=O)NCC(=O)OC)c1ccc(C)cc1. The molecule has 1 aromatic rings. The first kappa shape index (κ1) is 29.7. The van der Waals surface area contributed by atoms with Gasteiger partial charge in [-0.3, -0.25) is 14.4 Å². The second-order valence-corrected chi connectivity index (χ2v) is 9.40. The van der Waals surface area contributed by atoms with Gasteiger partial charge in [-0.25, -0.2) is 4.79 Å². The molecule has 3 amide bonds.